The zero-order valence-electron chi connectivity index (χ0n) is 13.9. The van der Waals surface area contributed by atoms with Crippen molar-refractivity contribution in [1.82, 2.24) is 30.3 Å². The van der Waals surface area contributed by atoms with Gasteiger partial charge in [-0.05, 0) is 13.3 Å². The number of aryl methyl sites for hydroxylation is 1. The van der Waals surface area contributed by atoms with E-state index >= 15 is 0 Å². The van der Waals surface area contributed by atoms with Crippen molar-refractivity contribution in [3.63, 3.8) is 0 Å². The Hall–Kier alpha value is -1.11. The minimum Gasteiger partial charge on any atom is -0.352 e. The lowest BCUT2D eigenvalue weighted by Crippen LogP contribution is -2.45. The van der Waals surface area contributed by atoms with E-state index in [1.165, 1.54) is 4.90 Å². The van der Waals surface area contributed by atoms with E-state index in [-0.39, 0.29) is 30.0 Å². The normalized spacial score (nSPS) is 19.2. The molecule has 0 bridgehead atoms. The van der Waals surface area contributed by atoms with Crippen molar-refractivity contribution >= 4 is 29.9 Å². The number of guanidine groups is 1. The number of hydrogen-bond acceptors (Lipinski definition) is 4. The van der Waals surface area contributed by atoms with E-state index in [9.17, 15) is 13.2 Å². The van der Waals surface area contributed by atoms with Crippen molar-refractivity contribution in [3.8, 4) is 0 Å². The van der Waals surface area contributed by atoms with Crippen LogP contribution < -0.4 is 10.6 Å². The molecule has 1 aliphatic heterocycles. The van der Waals surface area contributed by atoms with Crippen LogP contribution in [-0.4, -0.2) is 64.5 Å². The molecule has 0 saturated carbocycles. The maximum Gasteiger partial charge on any atom is 0.401 e. The fourth-order valence-electron chi connectivity index (χ4n) is 2.50. The molecule has 1 unspecified atom stereocenters. The number of aromatic nitrogens is 3. The molecule has 138 valence electrons. The lowest BCUT2D eigenvalue weighted by Gasteiger charge is -2.19. The molecule has 0 spiro atoms. The fraction of sp³-hybridized carbons (Fsp3) is 0.769. The standard InChI is InChI=1S/C13H22F3N7.HI/c1-9-20-21-11(22(9)3)6-18-12(17-2)19-10-4-5-23(7-10)8-13(14,15)16;/h10H,4-8H2,1-3H3,(H2,17,18,19);1H. The summed E-state index contributed by atoms with van der Waals surface area (Å²) in [5.41, 5.74) is 0. The summed E-state index contributed by atoms with van der Waals surface area (Å²) in [6, 6.07) is -0.0511. The van der Waals surface area contributed by atoms with Crippen molar-refractivity contribution in [3.05, 3.63) is 11.6 Å². The summed E-state index contributed by atoms with van der Waals surface area (Å²) in [6.07, 6.45) is -3.50. The summed E-state index contributed by atoms with van der Waals surface area (Å²) >= 11 is 0. The highest BCUT2D eigenvalue weighted by Crippen LogP contribution is 2.19. The van der Waals surface area contributed by atoms with E-state index in [1.807, 2.05) is 18.5 Å². The van der Waals surface area contributed by atoms with Crippen LogP contribution in [0.25, 0.3) is 0 Å². The number of halogens is 4. The highest BCUT2D eigenvalue weighted by molar-refractivity contribution is 14.0. The Morgan fingerprint density at radius 2 is 2.08 bits per heavy atom. The van der Waals surface area contributed by atoms with Gasteiger partial charge in [-0.1, -0.05) is 0 Å². The molecule has 7 nitrogen and oxygen atoms in total. The Morgan fingerprint density at radius 1 is 1.38 bits per heavy atom. The third-order valence-electron chi connectivity index (χ3n) is 3.84. The van der Waals surface area contributed by atoms with Gasteiger partial charge in [-0.3, -0.25) is 9.89 Å². The van der Waals surface area contributed by atoms with Crippen LogP contribution in [0.5, 0.6) is 0 Å². The van der Waals surface area contributed by atoms with Crippen molar-refractivity contribution in [2.75, 3.05) is 26.7 Å². The Bertz CT molecular complexity index is 558. The van der Waals surface area contributed by atoms with E-state index in [4.69, 9.17) is 0 Å². The molecule has 1 fully saturated rings. The Morgan fingerprint density at radius 3 is 2.62 bits per heavy atom. The lowest BCUT2D eigenvalue weighted by molar-refractivity contribution is -0.143. The number of rotatable bonds is 4. The topological polar surface area (TPSA) is 70.4 Å². The van der Waals surface area contributed by atoms with Crippen LogP contribution in [0.3, 0.4) is 0 Å². The number of nitrogens with one attached hydrogen (secondary N) is 2. The molecule has 1 aromatic heterocycles. The fourth-order valence-corrected chi connectivity index (χ4v) is 2.50. The lowest BCUT2D eigenvalue weighted by atomic mass is 10.3. The second-order valence-corrected chi connectivity index (χ2v) is 5.63. The van der Waals surface area contributed by atoms with Gasteiger partial charge >= 0.3 is 6.18 Å². The third-order valence-corrected chi connectivity index (χ3v) is 3.84. The first kappa shape index (κ1) is 20.9. The number of hydrogen-bond donors (Lipinski definition) is 2. The minimum absolute atomic E-state index is 0. The molecule has 24 heavy (non-hydrogen) atoms. The predicted octanol–water partition coefficient (Wildman–Crippen LogP) is 1.04. The van der Waals surface area contributed by atoms with Crippen LogP contribution in [0.2, 0.25) is 0 Å². The molecule has 2 N–H and O–H groups in total. The van der Waals surface area contributed by atoms with E-state index < -0.39 is 12.7 Å². The third kappa shape index (κ3) is 6.07. The molecule has 2 rings (SSSR count). The highest BCUT2D eigenvalue weighted by atomic mass is 127. The molecule has 0 aromatic carbocycles. The van der Waals surface area contributed by atoms with Gasteiger partial charge in [0.25, 0.3) is 0 Å². The Balaban J connectivity index is 0.00000288. The molecule has 1 aliphatic rings. The van der Waals surface area contributed by atoms with Gasteiger partial charge < -0.3 is 15.2 Å². The highest BCUT2D eigenvalue weighted by Gasteiger charge is 2.34. The van der Waals surface area contributed by atoms with Crippen LogP contribution in [-0.2, 0) is 13.6 Å². The summed E-state index contributed by atoms with van der Waals surface area (Å²) in [5, 5.41) is 14.3. The SMILES string of the molecule is CN=C(NCc1nnc(C)n1C)NC1CCN(CC(F)(F)F)C1.I. The molecule has 2 heterocycles. The molecular weight excluding hydrogens is 438 g/mol. The van der Waals surface area contributed by atoms with Gasteiger partial charge in [-0.2, -0.15) is 13.2 Å². The van der Waals surface area contributed by atoms with E-state index in [0.717, 1.165) is 11.6 Å². The molecule has 11 heteroatoms. The molecule has 1 atom stereocenters. The molecular formula is C13H23F3IN7. The maximum absolute atomic E-state index is 12.4. The molecule has 1 saturated heterocycles. The number of aliphatic imine (C=N–C) groups is 1. The summed E-state index contributed by atoms with van der Waals surface area (Å²) < 4.78 is 39.1. The molecule has 0 amide bonds. The van der Waals surface area contributed by atoms with Gasteiger partial charge in [0.05, 0.1) is 13.1 Å². The van der Waals surface area contributed by atoms with Crippen molar-refractivity contribution < 1.29 is 13.2 Å². The van der Waals surface area contributed by atoms with Gasteiger partial charge in [-0.25, -0.2) is 0 Å². The molecule has 0 aliphatic carbocycles. The largest absolute Gasteiger partial charge is 0.401 e. The van der Waals surface area contributed by atoms with E-state index in [2.05, 4.69) is 25.8 Å². The zero-order valence-corrected chi connectivity index (χ0v) is 16.2. The second kappa shape index (κ2) is 8.83. The van der Waals surface area contributed by atoms with Crippen LogP contribution in [0, 0.1) is 6.92 Å². The van der Waals surface area contributed by atoms with Crippen LogP contribution in [0.4, 0.5) is 13.2 Å². The monoisotopic (exact) mass is 461 g/mol. The quantitative estimate of drug-likeness (QED) is 0.399. The second-order valence-electron chi connectivity index (χ2n) is 5.63. The number of nitrogens with zero attached hydrogens (tertiary/aromatic N) is 5. The average Bonchev–Trinajstić information content (AvgIpc) is 3.02. The minimum atomic E-state index is -4.15. The first-order chi connectivity index (χ1) is 10.8. The Labute approximate surface area is 156 Å². The first-order valence-electron chi connectivity index (χ1n) is 7.39. The smallest absolute Gasteiger partial charge is 0.352 e. The van der Waals surface area contributed by atoms with Gasteiger partial charge in [0.15, 0.2) is 11.8 Å². The van der Waals surface area contributed by atoms with Crippen molar-refractivity contribution in [2.45, 2.75) is 32.1 Å². The average molecular weight is 461 g/mol. The first-order valence-corrected chi connectivity index (χ1v) is 7.39. The van der Waals surface area contributed by atoms with Crippen LogP contribution in [0.15, 0.2) is 4.99 Å². The van der Waals surface area contributed by atoms with Crippen LogP contribution >= 0.6 is 24.0 Å². The van der Waals surface area contributed by atoms with Gasteiger partial charge in [-0.15, -0.1) is 34.2 Å². The van der Waals surface area contributed by atoms with Crippen LogP contribution in [0.1, 0.15) is 18.1 Å². The van der Waals surface area contributed by atoms with Gasteiger partial charge in [0.1, 0.15) is 5.82 Å². The summed E-state index contributed by atoms with van der Waals surface area (Å²) in [5.74, 6) is 2.11. The van der Waals surface area contributed by atoms with Crippen molar-refractivity contribution in [2.24, 2.45) is 12.0 Å². The number of likely N-dealkylation sites (tertiary alicyclic amines) is 1. The summed E-state index contributed by atoms with van der Waals surface area (Å²) in [4.78, 5) is 5.50. The zero-order chi connectivity index (χ0) is 17.0. The van der Waals surface area contributed by atoms with Crippen molar-refractivity contribution in [1.29, 1.82) is 0 Å². The van der Waals surface area contributed by atoms with Gasteiger partial charge in [0.2, 0.25) is 0 Å². The number of alkyl halides is 3. The molecule has 0 radical (unpaired) electrons. The van der Waals surface area contributed by atoms with Gasteiger partial charge in [0, 0.05) is 33.2 Å². The maximum atomic E-state index is 12.4. The van der Waals surface area contributed by atoms with E-state index in [1.54, 1.807) is 7.05 Å². The predicted molar refractivity (Wildman–Crippen MR) is 95.4 cm³/mol. The summed E-state index contributed by atoms with van der Waals surface area (Å²) in [6.45, 7) is 2.21. The summed E-state index contributed by atoms with van der Waals surface area (Å²) in [7, 11) is 3.49. The van der Waals surface area contributed by atoms with E-state index in [0.29, 0.717) is 32.0 Å². The Kier molecular flexibility index (Phi) is 7.70. The molecule has 1 aromatic rings.